The van der Waals surface area contributed by atoms with E-state index >= 15 is 0 Å². The zero-order valence-electron chi connectivity index (χ0n) is 9.76. The van der Waals surface area contributed by atoms with E-state index in [0.29, 0.717) is 5.92 Å². The van der Waals surface area contributed by atoms with Crippen LogP contribution in [0.3, 0.4) is 0 Å². The zero-order chi connectivity index (χ0) is 10.5. The highest BCUT2D eigenvalue weighted by Crippen LogP contribution is 2.23. The molecule has 0 spiro atoms. The van der Waals surface area contributed by atoms with Gasteiger partial charge in [-0.1, -0.05) is 20.8 Å². The second-order valence-electron chi connectivity index (χ2n) is 4.34. The topological polar surface area (TPSA) is 35.2 Å². The van der Waals surface area contributed by atoms with Crippen molar-refractivity contribution in [2.45, 2.75) is 59.1 Å². The summed E-state index contributed by atoms with van der Waals surface area (Å²) in [5, 5.41) is 0. The van der Waals surface area contributed by atoms with Crippen LogP contribution >= 0.6 is 0 Å². The molecule has 0 aromatic rings. The fourth-order valence-corrected chi connectivity index (χ4v) is 1.56. The molecule has 0 rings (SSSR count). The van der Waals surface area contributed by atoms with Gasteiger partial charge in [0.05, 0.1) is 5.60 Å². The van der Waals surface area contributed by atoms with Crippen LogP contribution in [-0.4, -0.2) is 18.2 Å². The summed E-state index contributed by atoms with van der Waals surface area (Å²) in [4.78, 5) is 0. The Kier molecular flexibility index (Phi) is 5.57. The van der Waals surface area contributed by atoms with Gasteiger partial charge in [0.2, 0.25) is 0 Å². The molecule has 0 bridgehead atoms. The van der Waals surface area contributed by atoms with Crippen LogP contribution in [-0.2, 0) is 4.74 Å². The van der Waals surface area contributed by atoms with E-state index in [1.165, 1.54) is 0 Å². The molecule has 0 heterocycles. The average molecular weight is 187 g/mol. The summed E-state index contributed by atoms with van der Waals surface area (Å²) in [6, 6.07) is 0.150. The van der Waals surface area contributed by atoms with Crippen LogP contribution in [0.25, 0.3) is 0 Å². The van der Waals surface area contributed by atoms with Crippen LogP contribution in [0.15, 0.2) is 0 Å². The van der Waals surface area contributed by atoms with E-state index in [4.69, 9.17) is 10.5 Å². The molecule has 2 unspecified atom stereocenters. The van der Waals surface area contributed by atoms with Gasteiger partial charge in [0.15, 0.2) is 0 Å². The summed E-state index contributed by atoms with van der Waals surface area (Å²) in [5.74, 6) is 0.640. The lowest BCUT2D eigenvalue weighted by atomic mass is 9.88. The van der Waals surface area contributed by atoms with Crippen molar-refractivity contribution in [3.05, 3.63) is 0 Å². The molecular weight excluding hydrogens is 162 g/mol. The molecule has 0 aliphatic heterocycles. The summed E-state index contributed by atoms with van der Waals surface area (Å²) >= 11 is 0. The van der Waals surface area contributed by atoms with E-state index < -0.39 is 0 Å². The lowest BCUT2D eigenvalue weighted by Gasteiger charge is -2.35. The number of ether oxygens (including phenoxy) is 1. The third kappa shape index (κ3) is 4.10. The van der Waals surface area contributed by atoms with Crippen molar-refractivity contribution in [1.82, 2.24) is 0 Å². The normalized spacial score (nSPS) is 18.7. The fourth-order valence-electron chi connectivity index (χ4n) is 1.56. The van der Waals surface area contributed by atoms with Crippen molar-refractivity contribution >= 4 is 0 Å². The molecule has 13 heavy (non-hydrogen) atoms. The first-order chi connectivity index (χ1) is 5.96. The lowest BCUT2D eigenvalue weighted by Crippen LogP contribution is -2.48. The van der Waals surface area contributed by atoms with Crippen molar-refractivity contribution in [2.24, 2.45) is 11.7 Å². The number of hydrogen-bond donors (Lipinski definition) is 1. The minimum Gasteiger partial charge on any atom is -0.374 e. The van der Waals surface area contributed by atoms with Gasteiger partial charge in [-0.25, -0.2) is 0 Å². The number of nitrogens with two attached hydrogens (primary N) is 1. The Labute approximate surface area is 82.8 Å². The van der Waals surface area contributed by atoms with Crippen molar-refractivity contribution in [1.29, 1.82) is 0 Å². The molecule has 0 radical (unpaired) electrons. The summed E-state index contributed by atoms with van der Waals surface area (Å²) < 4.78 is 5.72. The Bertz CT molecular complexity index is 136. The van der Waals surface area contributed by atoms with Gasteiger partial charge in [-0.15, -0.1) is 0 Å². The third-order valence-electron chi connectivity index (χ3n) is 2.69. The molecular formula is C11H25NO. The molecule has 0 aliphatic rings. The van der Waals surface area contributed by atoms with Crippen molar-refractivity contribution in [3.63, 3.8) is 0 Å². The predicted octanol–water partition coefficient (Wildman–Crippen LogP) is 2.57. The highest BCUT2D eigenvalue weighted by molar-refractivity contribution is 4.86. The maximum absolute atomic E-state index is 6.12. The number of rotatable bonds is 6. The van der Waals surface area contributed by atoms with Gasteiger partial charge in [-0.2, -0.15) is 0 Å². The van der Waals surface area contributed by atoms with Crippen LogP contribution < -0.4 is 5.73 Å². The predicted molar refractivity (Wildman–Crippen MR) is 57.8 cm³/mol. The molecule has 0 aliphatic carbocycles. The van der Waals surface area contributed by atoms with Gasteiger partial charge >= 0.3 is 0 Å². The first-order valence-electron chi connectivity index (χ1n) is 5.35. The van der Waals surface area contributed by atoms with E-state index in [2.05, 4.69) is 27.7 Å². The SMILES string of the molecule is CCOC(C)(CC)C(N)CC(C)C. The minimum absolute atomic E-state index is 0.140. The lowest BCUT2D eigenvalue weighted by molar-refractivity contribution is -0.0502. The van der Waals surface area contributed by atoms with Crippen molar-refractivity contribution in [2.75, 3.05) is 6.61 Å². The van der Waals surface area contributed by atoms with Gasteiger partial charge in [0, 0.05) is 12.6 Å². The molecule has 2 nitrogen and oxygen atoms in total. The Morgan fingerprint density at radius 3 is 2.15 bits per heavy atom. The molecule has 0 saturated carbocycles. The van der Waals surface area contributed by atoms with E-state index in [9.17, 15) is 0 Å². The molecule has 0 aromatic carbocycles. The summed E-state index contributed by atoms with van der Waals surface area (Å²) in [6.45, 7) is 11.4. The standard InChI is InChI=1S/C11H25NO/c1-6-11(5,13-7-2)10(12)8-9(3)4/h9-10H,6-8,12H2,1-5H3. The fraction of sp³-hybridized carbons (Fsp3) is 1.00. The van der Waals surface area contributed by atoms with Gasteiger partial charge < -0.3 is 10.5 Å². The summed E-state index contributed by atoms with van der Waals surface area (Å²) in [7, 11) is 0. The maximum atomic E-state index is 6.12. The molecule has 80 valence electrons. The van der Waals surface area contributed by atoms with Crippen LogP contribution in [0.5, 0.6) is 0 Å². The molecule has 2 heteroatoms. The van der Waals surface area contributed by atoms with E-state index in [0.717, 1.165) is 19.4 Å². The van der Waals surface area contributed by atoms with Gasteiger partial charge in [-0.3, -0.25) is 0 Å². The molecule has 2 atom stereocenters. The molecule has 0 aromatic heterocycles. The van der Waals surface area contributed by atoms with Crippen LogP contribution in [0.2, 0.25) is 0 Å². The molecule has 0 saturated heterocycles. The molecule has 0 amide bonds. The molecule has 2 N–H and O–H groups in total. The van der Waals surface area contributed by atoms with Gasteiger partial charge in [0.1, 0.15) is 0 Å². The highest BCUT2D eigenvalue weighted by atomic mass is 16.5. The van der Waals surface area contributed by atoms with Crippen molar-refractivity contribution in [3.8, 4) is 0 Å². The first-order valence-corrected chi connectivity index (χ1v) is 5.35. The second kappa shape index (κ2) is 5.61. The average Bonchev–Trinajstić information content (AvgIpc) is 2.03. The number of hydrogen-bond acceptors (Lipinski definition) is 2. The van der Waals surface area contributed by atoms with Gasteiger partial charge in [-0.05, 0) is 32.6 Å². The quantitative estimate of drug-likeness (QED) is 0.693. The van der Waals surface area contributed by atoms with Crippen LogP contribution in [0, 0.1) is 5.92 Å². The smallest absolute Gasteiger partial charge is 0.0801 e. The Morgan fingerprint density at radius 1 is 1.31 bits per heavy atom. The monoisotopic (exact) mass is 187 g/mol. The third-order valence-corrected chi connectivity index (χ3v) is 2.69. The highest BCUT2D eigenvalue weighted by Gasteiger charge is 2.30. The second-order valence-corrected chi connectivity index (χ2v) is 4.34. The van der Waals surface area contributed by atoms with E-state index in [1.807, 2.05) is 6.92 Å². The largest absolute Gasteiger partial charge is 0.374 e. The summed E-state index contributed by atoms with van der Waals surface area (Å²) in [5.41, 5.74) is 5.98. The van der Waals surface area contributed by atoms with Crippen molar-refractivity contribution < 1.29 is 4.74 Å². The Hall–Kier alpha value is -0.0800. The van der Waals surface area contributed by atoms with Crippen LogP contribution in [0.4, 0.5) is 0 Å². The molecule has 0 fully saturated rings. The van der Waals surface area contributed by atoms with Crippen LogP contribution in [0.1, 0.15) is 47.5 Å². The summed E-state index contributed by atoms with van der Waals surface area (Å²) in [6.07, 6.45) is 2.01. The first kappa shape index (κ1) is 12.9. The minimum atomic E-state index is -0.140. The Balaban J connectivity index is 4.19. The van der Waals surface area contributed by atoms with Gasteiger partial charge in [0.25, 0.3) is 0 Å². The van der Waals surface area contributed by atoms with E-state index in [1.54, 1.807) is 0 Å². The zero-order valence-corrected chi connectivity index (χ0v) is 9.76. The Morgan fingerprint density at radius 2 is 1.85 bits per heavy atom. The van der Waals surface area contributed by atoms with E-state index in [-0.39, 0.29) is 11.6 Å². The maximum Gasteiger partial charge on any atom is 0.0801 e.